The van der Waals surface area contributed by atoms with Crippen LogP contribution in [0.15, 0.2) is 28.8 Å². The summed E-state index contributed by atoms with van der Waals surface area (Å²) in [5.41, 5.74) is 6.56. The first-order valence-corrected chi connectivity index (χ1v) is 6.34. The maximum atomic E-state index is 6.24. The first-order chi connectivity index (χ1) is 8.57. The zero-order chi connectivity index (χ0) is 12.8. The Hall–Kier alpha value is -1.39. The fraction of sp³-hybridized carbons (Fsp3) is 0.385. The van der Waals surface area contributed by atoms with Gasteiger partial charge in [-0.05, 0) is 37.8 Å². The minimum absolute atomic E-state index is 0.449. The third-order valence-corrected chi connectivity index (χ3v) is 3.63. The number of hydrogen-bond acceptors (Lipinski definition) is 4. The molecule has 0 aliphatic heterocycles. The lowest BCUT2D eigenvalue weighted by Gasteiger charge is -2.18. The van der Waals surface area contributed by atoms with Gasteiger partial charge in [0, 0.05) is 10.6 Å². The standard InChI is InChI=1S/C13H14ClN3O/c1-13(15,9-5-6-9)12-16-11(17-18-12)8-3-2-4-10(14)7-8/h2-4,7,9H,5-6,15H2,1H3. The van der Waals surface area contributed by atoms with Crippen molar-refractivity contribution in [2.45, 2.75) is 25.3 Å². The van der Waals surface area contributed by atoms with Crippen LogP contribution in [0.5, 0.6) is 0 Å². The van der Waals surface area contributed by atoms with Crippen LogP contribution in [-0.2, 0) is 5.54 Å². The van der Waals surface area contributed by atoms with E-state index >= 15 is 0 Å². The molecule has 0 radical (unpaired) electrons. The second kappa shape index (κ2) is 4.07. The first kappa shape index (κ1) is 11.7. The van der Waals surface area contributed by atoms with Gasteiger partial charge in [0.15, 0.2) is 0 Å². The van der Waals surface area contributed by atoms with Crippen molar-refractivity contribution >= 4 is 11.6 Å². The number of nitrogens with zero attached hydrogens (tertiary/aromatic N) is 2. The quantitative estimate of drug-likeness (QED) is 0.925. The topological polar surface area (TPSA) is 64.9 Å². The van der Waals surface area contributed by atoms with Crippen molar-refractivity contribution in [2.75, 3.05) is 0 Å². The maximum absolute atomic E-state index is 6.24. The van der Waals surface area contributed by atoms with Crippen molar-refractivity contribution in [1.82, 2.24) is 10.1 Å². The number of rotatable bonds is 3. The Bertz CT molecular complexity index is 575. The van der Waals surface area contributed by atoms with Crippen LogP contribution in [-0.4, -0.2) is 10.1 Å². The van der Waals surface area contributed by atoms with E-state index in [2.05, 4.69) is 10.1 Å². The monoisotopic (exact) mass is 263 g/mol. The van der Waals surface area contributed by atoms with Gasteiger partial charge in [0.05, 0.1) is 5.54 Å². The second-order valence-electron chi connectivity index (χ2n) is 4.99. The molecular weight excluding hydrogens is 250 g/mol. The molecule has 1 aliphatic rings. The van der Waals surface area contributed by atoms with Crippen LogP contribution in [0.1, 0.15) is 25.7 Å². The zero-order valence-electron chi connectivity index (χ0n) is 10.1. The Balaban J connectivity index is 1.94. The molecule has 18 heavy (non-hydrogen) atoms. The zero-order valence-corrected chi connectivity index (χ0v) is 10.8. The molecule has 94 valence electrons. The average Bonchev–Trinajstić information content (AvgIpc) is 3.07. The van der Waals surface area contributed by atoms with E-state index in [0.717, 1.165) is 18.4 Å². The third kappa shape index (κ3) is 2.02. The van der Waals surface area contributed by atoms with Gasteiger partial charge in [-0.25, -0.2) is 0 Å². The van der Waals surface area contributed by atoms with Crippen molar-refractivity contribution in [3.63, 3.8) is 0 Å². The van der Waals surface area contributed by atoms with Crippen LogP contribution in [0.25, 0.3) is 11.4 Å². The number of hydrogen-bond donors (Lipinski definition) is 1. The van der Waals surface area contributed by atoms with Crippen molar-refractivity contribution in [1.29, 1.82) is 0 Å². The molecule has 1 fully saturated rings. The Labute approximate surface area is 110 Å². The molecule has 2 N–H and O–H groups in total. The van der Waals surface area contributed by atoms with Crippen LogP contribution in [0, 0.1) is 5.92 Å². The van der Waals surface area contributed by atoms with E-state index in [1.54, 1.807) is 6.07 Å². The van der Waals surface area contributed by atoms with Crippen molar-refractivity contribution < 1.29 is 4.52 Å². The molecule has 5 heteroatoms. The predicted molar refractivity (Wildman–Crippen MR) is 69.0 cm³/mol. The van der Waals surface area contributed by atoms with Gasteiger partial charge in [-0.1, -0.05) is 28.9 Å². The minimum atomic E-state index is -0.524. The summed E-state index contributed by atoms with van der Waals surface area (Å²) in [4.78, 5) is 4.39. The highest BCUT2D eigenvalue weighted by Gasteiger charge is 2.43. The van der Waals surface area contributed by atoms with Gasteiger partial charge in [-0.3, -0.25) is 0 Å². The predicted octanol–water partition coefficient (Wildman–Crippen LogP) is 2.97. The largest absolute Gasteiger partial charge is 0.337 e. The first-order valence-electron chi connectivity index (χ1n) is 5.96. The highest BCUT2D eigenvalue weighted by molar-refractivity contribution is 6.30. The van der Waals surface area contributed by atoms with E-state index < -0.39 is 5.54 Å². The summed E-state index contributed by atoms with van der Waals surface area (Å²) >= 11 is 5.94. The molecule has 1 unspecified atom stereocenters. The van der Waals surface area contributed by atoms with Crippen LogP contribution in [0.3, 0.4) is 0 Å². The molecule has 2 aromatic rings. The summed E-state index contributed by atoms with van der Waals surface area (Å²) in [6.07, 6.45) is 2.25. The summed E-state index contributed by atoms with van der Waals surface area (Å²) in [6.45, 7) is 1.94. The molecule has 0 bridgehead atoms. The molecule has 1 aliphatic carbocycles. The fourth-order valence-electron chi connectivity index (χ4n) is 2.04. The van der Waals surface area contributed by atoms with Crippen molar-refractivity contribution in [3.8, 4) is 11.4 Å². The molecule has 1 heterocycles. The van der Waals surface area contributed by atoms with Gasteiger partial charge >= 0.3 is 0 Å². The Morgan fingerprint density at radius 1 is 1.44 bits per heavy atom. The Morgan fingerprint density at radius 2 is 2.22 bits per heavy atom. The molecule has 4 nitrogen and oxygen atoms in total. The van der Waals surface area contributed by atoms with E-state index in [1.807, 2.05) is 25.1 Å². The molecule has 1 atom stereocenters. The number of aromatic nitrogens is 2. The van der Waals surface area contributed by atoms with Gasteiger partial charge in [-0.15, -0.1) is 0 Å². The Morgan fingerprint density at radius 3 is 2.89 bits per heavy atom. The van der Waals surface area contributed by atoms with Gasteiger partial charge < -0.3 is 10.3 Å². The van der Waals surface area contributed by atoms with Gasteiger partial charge in [0.25, 0.3) is 0 Å². The number of benzene rings is 1. The highest BCUT2D eigenvalue weighted by Crippen LogP contribution is 2.43. The van der Waals surface area contributed by atoms with Crippen LogP contribution >= 0.6 is 11.6 Å². The summed E-state index contributed by atoms with van der Waals surface area (Å²) in [6, 6.07) is 7.37. The maximum Gasteiger partial charge on any atom is 0.247 e. The van der Waals surface area contributed by atoms with Crippen LogP contribution < -0.4 is 5.73 Å². The SMILES string of the molecule is CC(N)(c1nc(-c2cccc(Cl)c2)no1)C1CC1. The minimum Gasteiger partial charge on any atom is -0.337 e. The number of nitrogens with two attached hydrogens (primary N) is 1. The fourth-order valence-corrected chi connectivity index (χ4v) is 2.24. The van der Waals surface area contributed by atoms with Gasteiger partial charge in [0.2, 0.25) is 11.7 Å². The van der Waals surface area contributed by atoms with E-state index in [1.165, 1.54) is 0 Å². The molecule has 1 saturated carbocycles. The van der Waals surface area contributed by atoms with E-state index in [-0.39, 0.29) is 0 Å². The molecule has 0 saturated heterocycles. The number of halogens is 1. The highest BCUT2D eigenvalue weighted by atomic mass is 35.5. The lowest BCUT2D eigenvalue weighted by molar-refractivity contribution is 0.273. The van der Waals surface area contributed by atoms with Gasteiger partial charge in [0.1, 0.15) is 0 Å². The lowest BCUT2D eigenvalue weighted by atomic mass is 9.97. The third-order valence-electron chi connectivity index (χ3n) is 3.40. The summed E-state index contributed by atoms with van der Waals surface area (Å²) in [5.74, 6) is 1.48. The summed E-state index contributed by atoms with van der Waals surface area (Å²) < 4.78 is 5.30. The second-order valence-corrected chi connectivity index (χ2v) is 5.43. The van der Waals surface area contributed by atoms with Crippen molar-refractivity contribution in [2.24, 2.45) is 11.7 Å². The van der Waals surface area contributed by atoms with E-state index in [0.29, 0.717) is 22.7 Å². The van der Waals surface area contributed by atoms with Crippen LogP contribution in [0.2, 0.25) is 5.02 Å². The van der Waals surface area contributed by atoms with E-state index in [4.69, 9.17) is 21.9 Å². The Kier molecular flexibility index (Phi) is 2.64. The molecule has 3 rings (SSSR count). The molecular formula is C13H14ClN3O. The van der Waals surface area contributed by atoms with Crippen LogP contribution in [0.4, 0.5) is 0 Å². The average molecular weight is 264 g/mol. The molecule has 0 spiro atoms. The van der Waals surface area contributed by atoms with E-state index in [9.17, 15) is 0 Å². The molecule has 0 amide bonds. The molecule has 1 aromatic heterocycles. The lowest BCUT2D eigenvalue weighted by Crippen LogP contribution is -2.35. The van der Waals surface area contributed by atoms with Gasteiger partial charge in [-0.2, -0.15) is 4.98 Å². The normalized spacial score (nSPS) is 18.6. The molecule has 1 aromatic carbocycles. The smallest absolute Gasteiger partial charge is 0.247 e. The summed E-state index contributed by atoms with van der Waals surface area (Å²) in [5, 5.41) is 4.63. The summed E-state index contributed by atoms with van der Waals surface area (Å²) in [7, 11) is 0. The van der Waals surface area contributed by atoms with Crippen molar-refractivity contribution in [3.05, 3.63) is 35.2 Å².